The van der Waals surface area contributed by atoms with Crippen molar-refractivity contribution in [3.8, 4) is 0 Å². The molecule has 0 saturated carbocycles. The summed E-state index contributed by atoms with van der Waals surface area (Å²) in [7, 11) is 2.06. The van der Waals surface area contributed by atoms with Gasteiger partial charge in [0, 0.05) is 11.3 Å². The summed E-state index contributed by atoms with van der Waals surface area (Å²) >= 11 is 1.76. The molecule has 1 aromatic heterocycles. The maximum absolute atomic E-state index is 12.3. The Hall–Kier alpha value is -1.73. The highest BCUT2D eigenvalue weighted by Crippen LogP contribution is 2.13. The van der Waals surface area contributed by atoms with Crippen LogP contribution in [0, 0.1) is 6.92 Å². The van der Waals surface area contributed by atoms with Crippen molar-refractivity contribution in [3.63, 3.8) is 0 Å². The second-order valence-electron chi connectivity index (χ2n) is 7.12. The third-order valence-corrected chi connectivity index (χ3v) is 5.81. The fraction of sp³-hybridized carbons (Fsp3) is 0.450. The van der Waals surface area contributed by atoms with Crippen LogP contribution < -0.4 is 15.1 Å². The Kier molecular flexibility index (Phi) is 6.80. The van der Waals surface area contributed by atoms with Gasteiger partial charge in [-0.2, -0.15) is 0 Å². The normalized spacial score (nSPS) is 16.4. The topological polar surface area (TPSA) is 47.2 Å². The molecule has 26 heavy (non-hydrogen) atoms. The molecule has 140 valence electrons. The number of amides is 1. The minimum Gasteiger partial charge on any atom is -0.370 e. The molecule has 3 N–H and O–H groups in total. The molecule has 2 aromatic rings. The van der Waals surface area contributed by atoms with E-state index in [0.29, 0.717) is 6.54 Å². The number of aryl methyl sites for hydroxylation is 1. The number of ether oxygens (including phenoxy) is 1. The van der Waals surface area contributed by atoms with Crippen LogP contribution in [-0.2, 0) is 22.6 Å². The van der Waals surface area contributed by atoms with Crippen molar-refractivity contribution in [3.05, 3.63) is 51.7 Å². The number of nitrogens with one attached hydrogen (secondary N) is 3. The van der Waals surface area contributed by atoms with E-state index in [2.05, 4.69) is 42.9 Å². The van der Waals surface area contributed by atoms with E-state index in [4.69, 9.17) is 4.74 Å². The maximum atomic E-state index is 12.3. The van der Waals surface area contributed by atoms with Gasteiger partial charge in [0.25, 0.3) is 5.91 Å². The summed E-state index contributed by atoms with van der Waals surface area (Å²) in [4.78, 5) is 16.4. The summed E-state index contributed by atoms with van der Waals surface area (Å²) in [5.74, 6) is 0.0586. The molecule has 5 nitrogen and oxygen atoms in total. The Morgan fingerprint density at radius 3 is 2.62 bits per heavy atom. The van der Waals surface area contributed by atoms with Crippen LogP contribution in [0.1, 0.15) is 16.0 Å². The Labute approximate surface area is 159 Å². The third kappa shape index (κ3) is 5.64. The molecule has 1 saturated heterocycles. The van der Waals surface area contributed by atoms with Crippen LogP contribution in [-0.4, -0.2) is 45.8 Å². The number of morpholine rings is 1. The SMILES string of the molecule is Cc1ccsc1C[NH+](C)CC(=O)Nc1ccc(C[NH+]2CCOCC2)cc1. The van der Waals surface area contributed by atoms with E-state index < -0.39 is 0 Å². The lowest BCUT2D eigenvalue weighted by atomic mass is 10.2. The molecule has 1 aromatic carbocycles. The average molecular weight is 376 g/mol. The van der Waals surface area contributed by atoms with Crippen LogP contribution in [0.25, 0.3) is 0 Å². The van der Waals surface area contributed by atoms with E-state index in [1.54, 1.807) is 16.2 Å². The van der Waals surface area contributed by atoms with Gasteiger partial charge in [-0.1, -0.05) is 12.1 Å². The van der Waals surface area contributed by atoms with E-state index in [0.717, 1.165) is 45.1 Å². The number of carbonyl (C=O) groups excluding carboxylic acids is 1. The van der Waals surface area contributed by atoms with Gasteiger partial charge in [-0.3, -0.25) is 4.79 Å². The van der Waals surface area contributed by atoms with Crippen LogP contribution in [0.5, 0.6) is 0 Å². The smallest absolute Gasteiger partial charge is 0.279 e. The van der Waals surface area contributed by atoms with E-state index in [1.807, 2.05) is 12.1 Å². The van der Waals surface area contributed by atoms with Gasteiger partial charge in [-0.25, -0.2) is 0 Å². The maximum Gasteiger partial charge on any atom is 0.279 e. The molecular weight excluding hydrogens is 346 g/mol. The predicted octanol–water partition coefficient (Wildman–Crippen LogP) is 0.125. The summed E-state index contributed by atoms with van der Waals surface area (Å²) < 4.78 is 5.40. The Balaban J connectivity index is 1.45. The fourth-order valence-electron chi connectivity index (χ4n) is 3.23. The molecule has 0 aliphatic carbocycles. The van der Waals surface area contributed by atoms with Gasteiger partial charge in [-0.05, 0) is 36.1 Å². The lowest BCUT2D eigenvalue weighted by molar-refractivity contribution is -0.921. The zero-order chi connectivity index (χ0) is 18.4. The lowest BCUT2D eigenvalue weighted by Crippen LogP contribution is -3.12. The van der Waals surface area contributed by atoms with Crippen molar-refractivity contribution >= 4 is 22.9 Å². The summed E-state index contributed by atoms with van der Waals surface area (Å²) in [5.41, 5.74) is 3.49. The average Bonchev–Trinajstić information content (AvgIpc) is 3.02. The first kappa shape index (κ1) is 19.0. The van der Waals surface area contributed by atoms with Crippen LogP contribution in [0.4, 0.5) is 5.69 Å². The highest BCUT2D eigenvalue weighted by Gasteiger charge is 2.15. The van der Waals surface area contributed by atoms with Gasteiger partial charge < -0.3 is 19.9 Å². The molecule has 1 aliphatic heterocycles. The molecule has 1 fully saturated rings. The van der Waals surface area contributed by atoms with Crippen LogP contribution >= 0.6 is 11.3 Å². The standard InChI is InChI=1S/C20H27N3O2S/c1-16-7-12-26-19(16)14-22(2)15-20(24)21-18-5-3-17(4-6-18)13-23-8-10-25-11-9-23/h3-7,12H,8-11,13-15H2,1-2H3,(H,21,24)/p+2. The highest BCUT2D eigenvalue weighted by atomic mass is 32.1. The van der Waals surface area contributed by atoms with Crippen LogP contribution in [0.15, 0.2) is 35.7 Å². The van der Waals surface area contributed by atoms with Gasteiger partial charge in [0.2, 0.25) is 0 Å². The van der Waals surface area contributed by atoms with E-state index in [9.17, 15) is 4.79 Å². The lowest BCUT2D eigenvalue weighted by Gasteiger charge is -2.23. The van der Waals surface area contributed by atoms with Gasteiger partial charge >= 0.3 is 0 Å². The Morgan fingerprint density at radius 1 is 1.23 bits per heavy atom. The molecule has 1 unspecified atom stereocenters. The number of hydrogen-bond acceptors (Lipinski definition) is 3. The summed E-state index contributed by atoms with van der Waals surface area (Å²) in [6.45, 7) is 8.34. The molecule has 6 heteroatoms. The number of benzene rings is 1. The zero-order valence-corrected chi connectivity index (χ0v) is 16.5. The number of quaternary nitrogens is 2. The van der Waals surface area contributed by atoms with Crippen molar-refractivity contribution < 1.29 is 19.3 Å². The Morgan fingerprint density at radius 2 is 1.96 bits per heavy atom. The quantitative estimate of drug-likeness (QED) is 0.644. The second-order valence-corrected chi connectivity index (χ2v) is 8.12. The molecule has 0 spiro atoms. The second kappa shape index (κ2) is 9.28. The largest absolute Gasteiger partial charge is 0.370 e. The number of carbonyl (C=O) groups is 1. The van der Waals surface area contributed by atoms with Gasteiger partial charge in [0.15, 0.2) is 6.54 Å². The molecule has 0 radical (unpaired) electrons. The summed E-state index contributed by atoms with van der Waals surface area (Å²) in [6, 6.07) is 10.4. The van der Waals surface area contributed by atoms with Gasteiger partial charge in [0.05, 0.1) is 25.1 Å². The molecule has 1 atom stereocenters. The number of hydrogen-bond donors (Lipinski definition) is 3. The Bertz CT molecular complexity index is 708. The number of thiophene rings is 1. The number of likely N-dealkylation sites (N-methyl/N-ethyl adjacent to an activating group) is 1. The van der Waals surface area contributed by atoms with Crippen LogP contribution in [0.2, 0.25) is 0 Å². The minimum absolute atomic E-state index is 0.0586. The highest BCUT2D eigenvalue weighted by molar-refractivity contribution is 7.10. The van der Waals surface area contributed by atoms with Crippen molar-refractivity contribution in [2.24, 2.45) is 0 Å². The number of rotatable bonds is 7. The first-order valence-electron chi connectivity index (χ1n) is 9.24. The van der Waals surface area contributed by atoms with Crippen molar-refractivity contribution in [1.29, 1.82) is 0 Å². The summed E-state index contributed by atoms with van der Waals surface area (Å²) in [6.07, 6.45) is 0. The van der Waals surface area contributed by atoms with Gasteiger partial charge in [0.1, 0.15) is 26.2 Å². The van der Waals surface area contributed by atoms with Crippen LogP contribution in [0.3, 0.4) is 0 Å². The summed E-state index contributed by atoms with van der Waals surface area (Å²) in [5, 5.41) is 5.12. The predicted molar refractivity (Wildman–Crippen MR) is 105 cm³/mol. The van der Waals surface area contributed by atoms with Crippen molar-refractivity contribution in [2.75, 3.05) is 45.2 Å². The fourth-order valence-corrected chi connectivity index (χ4v) is 4.25. The molecule has 1 aliphatic rings. The van der Waals surface area contributed by atoms with E-state index >= 15 is 0 Å². The number of anilines is 1. The zero-order valence-electron chi connectivity index (χ0n) is 15.6. The van der Waals surface area contributed by atoms with Gasteiger partial charge in [-0.15, -0.1) is 11.3 Å². The van der Waals surface area contributed by atoms with E-state index in [1.165, 1.54) is 20.9 Å². The minimum atomic E-state index is 0.0586. The van der Waals surface area contributed by atoms with E-state index in [-0.39, 0.29) is 5.91 Å². The van der Waals surface area contributed by atoms with Crippen molar-refractivity contribution in [2.45, 2.75) is 20.0 Å². The van der Waals surface area contributed by atoms with Crippen molar-refractivity contribution in [1.82, 2.24) is 0 Å². The molecular formula is C20H29N3O2S+2. The first-order chi connectivity index (χ1) is 12.6. The molecule has 1 amide bonds. The molecule has 0 bridgehead atoms. The molecule has 2 heterocycles. The first-order valence-corrected chi connectivity index (χ1v) is 10.1. The molecule has 3 rings (SSSR count). The third-order valence-electron chi connectivity index (χ3n) is 4.78. The monoisotopic (exact) mass is 375 g/mol.